The molecule has 1 aromatic rings. The van der Waals surface area contributed by atoms with Crippen molar-refractivity contribution < 1.29 is 9.05 Å². The Labute approximate surface area is 189 Å². The van der Waals surface area contributed by atoms with Crippen molar-refractivity contribution in [1.29, 1.82) is 0 Å². The summed E-state index contributed by atoms with van der Waals surface area (Å²) in [4.78, 5) is 6.60. The van der Waals surface area contributed by atoms with E-state index in [2.05, 4.69) is 72.2 Å². The Morgan fingerprint density at radius 2 is 1.70 bits per heavy atom. The molecule has 0 saturated carbocycles. The highest BCUT2D eigenvalue weighted by Crippen LogP contribution is 2.53. The van der Waals surface area contributed by atoms with E-state index >= 15 is 0 Å². The Bertz CT molecular complexity index is 710. The quantitative estimate of drug-likeness (QED) is 0.188. The number of nitrogens with zero attached hydrogens (tertiary/aromatic N) is 3. The SMILES string of the molecule is CCC/C(=N\P(=S)(Oc1cnccc1C(C)C)OC(CC)CC)N(C(C)C)C(C)C. The van der Waals surface area contributed by atoms with Gasteiger partial charge in [-0.25, -0.2) is 0 Å². The van der Waals surface area contributed by atoms with E-state index in [9.17, 15) is 0 Å². The molecule has 7 heteroatoms. The minimum Gasteiger partial charge on any atom is -0.426 e. The second kappa shape index (κ2) is 12.8. The smallest absolute Gasteiger partial charge is 0.363 e. The summed E-state index contributed by atoms with van der Waals surface area (Å²) in [7, 11) is 0. The molecule has 5 nitrogen and oxygen atoms in total. The van der Waals surface area contributed by atoms with Crippen molar-refractivity contribution in [1.82, 2.24) is 9.88 Å². The molecule has 0 aliphatic heterocycles. The first-order valence-corrected chi connectivity index (χ1v) is 14.0. The summed E-state index contributed by atoms with van der Waals surface area (Å²) in [5.41, 5.74) is 1.07. The van der Waals surface area contributed by atoms with Crippen LogP contribution in [0.5, 0.6) is 5.75 Å². The van der Waals surface area contributed by atoms with Crippen molar-refractivity contribution >= 4 is 24.3 Å². The van der Waals surface area contributed by atoms with Gasteiger partial charge in [-0.05, 0) is 58.9 Å². The van der Waals surface area contributed by atoms with Gasteiger partial charge in [0.2, 0.25) is 0 Å². The number of rotatable bonds is 12. The summed E-state index contributed by atoms with van der Waals surface area (Å²) in [5.74, 6) is 1.95. The van der Waals surface area contributed by atoms with Crippen LogP contribution in [0.3, 0.4) is 0 Å². The average molecular weight is 456 g/mol. The van der Waals surface area contributed by atoms with E-state index in [4.69, 9.17) is 25.6 Å². The number of aromatic nitrogens is 1. The molecule has 0 aliphatic rings. The molecule has 0 spiro atoms. The molecule has 1 rings (SSSR count). The fourth-order valence-corrected chi connectivity index (χ4v) is 6.13. The molecule has 0 N–H and O–H groups in total. The van der Waals surface area contributed by atoms with Crippen LogP contribution in [0.25, 0.3) is 0 Å². The van der Waals surface area contributed by atoms with Crippen LogP contribution in [0.1, 0.15) is 99.5 Å². The maximum absolute atomic E-state index is 6.44. The van der Waals surface area contributed by atoms with Crippen LogP contribution in [0.4, 0.5) is 0 Å². The van der Waals surface area contributed by atoms with E-state index in [1.807, 2.05) is 6.07 Å². The molecule has 30 heavy (non-hydrogen) atoms. The molecule has 172 valence electrons. The van der Waals surface area contributed by atoms with Gasteiger partial charge in [-0.15, -0.1) is 0 Å². The zero-order chi connectivity index (χ0) is 22.9. The van der Waals surface area contributed by atoms with Crippen molar-refractivity contribution in [3.63, 3.8) is 0 Å². The standard InChI is InChI=1S/C23H42N3O2PS/c1-10-13-23(26(18(6)7)19(8)9)25-29(30,27-20(11-2)12-3)28-22-16-24-15-14-21(22)17(4)5/h14-20H,10-13H2,1-9H3/b25-23+. The highest BCUT2D eigenvalue weighted by Gasteiger charge is 2.29. The van der Waals surface area contributed by atoms with Crippen LogP contribution < -0.4 is 4.52 Å². The van der Waals surface area contributed by atoms with Gasteiger partial charge in [-0.1, -0.05) is 34.6 Å². The van der Waals surface area contributed by atoms with E-state index in [1.165, 1.54) is 0 Å². The lowest BCUT2D eigenvalue weighted by atomic mass is 10.0. The molecule has 0 saturated heterocycles. The average Bonchev–Trinajstić information content (AvgIpc) is 2.66. The highest BCUT2D eigenvalue weighted by molar-refractivity contribution is 8.09. The molecule has 0 radical (unpaired) electrons. The van der Waals surface area contributed by atoms with E-state index in [1.54, 1.807) is 12.4 Å². The summed E-state index contributed by atoms with van der Waals surface area (Å²) >= 11 is 6.05. The first-order valence-electron chi connectivity index (χ1n) is 11.4. The van der Waals surface area contributed by atoms with Crippen LogP contribution in [0, 0.1) is 0 Å². The third-order valence-corrected chi connectivity index (χ3v) is 7.16. The number of hydrogen-bond acceptors (Lipinski definition) is 4. The van der Waals surface area contributed by atoms with E-state index in [-0.39, 0.29) is 6.10 Å². The van der Waals surface area contributed by atoms with Gasteiger partial charge in [0, 0.05) is 42.1 Å². The summed E-state index contributed by atoms with van der Waals surface area (Å²) in [5, 5.41) is 0. The molecule has 0 fully saturated rings. The van der Waals surface area contributed by atoms with Crippen LogP contribution in [0.2, 0.25) is 0 Å². The van der Waals surface area contributed by atoms with E-state index in [0.29, 0.717) is 23.8 Å². The summed E-state index contributed by atoms with van der Waals surface area (Å²) in [6.07, 6.45) is 7.13. The van der Waals surface area contributed by atoms with Crippen LogP contribution in [-0.2, 0) is 16.3 Å². The first kappa shape index (κ1) is 27.1. The van der Waals surface area contributed by atoms with Gasteiger partial charge < -0.3 is 13.9 Å². The molecule has 1 aromatic heterocycles. The van der Waals surface area contributed by atoms with Gasteiger partial charge in [-0.3, -0.25) is 4.98 Å². The largest absolute Gasteiger partial charge is 0.426 e. The first-order chi connectivity index (χ1) is 14.1. The summed E-state index contributed by atoms with van der Waals surface area (Å²) in [6.45, 7) is 16.4. The Morgan fingerprint density at radius 1 is 1.10 bits per heavy atom. The molecule has 0 amide bonds. The fraction of sp³-hybridized carbons (Fsp3) is 0.739. The van der Waals surface area contributed by atoms with Gasteiger partial charge >= 0.3 is 6.64 Å². The molecular weight excluding hydrogens is 413 g/mol. The van der Waals surface area contributed by atoms with Crippen molar-refractivity contribution in [2.24, 2.45) is 4.76 Å². The minimum atomic E-state index is -2.98. The van der Waals surface area contributed by atoms with Crippen LogP contribution in [-0.4, -0.2) is 33.9 Å². The molecule has 1 atom stereocenters. The molecule has 0 bridgehead atoms. The number of pyridine rings is 1. The van der Waals surface area contributed by atoms with Gasteiger partial charge in [0.1, 0.15) is 11.6 Å². The van der Waals surface area contributed by atoms with Gasteiger partial charge in [0.15, 0.2) is 0 Å². The monoisotopic (exact) mass is 455 g/mol. The van der Waals surface area contributed by atoms with E-state index in [0.717, 1.165) is 37.1 Å². The van der Waals surface area contributed by atoms with Gasteiger partial charge in [0.05, 0.1) is 12.3 Å². The topological polar surface area (TPSA) is 47.0 Å². The lowest BCUT2D eigenvalue weighted by Crippen LogP contribution is -2.42. The molecule has 1 heterocycles. The Hall–Kier alpha value is -0.970. The molecule has 0 aliphatic carbocycles. The normalized spacial score (nSPS) is 14.6. The van der Waals surface area contributed by atoms with Gasteiger partial charge in [0.25, 0.3) is 0 Å². The zero-order valence-electron chi connectivity index (χ0n) is 20.4. The lowest BCUT2D eigenvalue weighted by Gasteiger charge is -2.35. The van der Waals surface area contributed by atoms with Crippen LogP contribution in [0.15, 0.2) is 23.2 Å². The third-order valence-electron chi connectivity index (χ3n) is 4.97. The van der Waals surface area contributed by atoms with Crippen molar-refractivity contribution in [3.05, 3.63) is 24.0 Å². The van der Waals surface area contributed by atoms with Crippen molar-refractivity contribution in [3.8, 4) is 5.75 Å². The minimum absolute atomic E-state index is 0.0215. The molecule has 1 unspecified atom stereocenters. The fourth-order valence-electron chi connectivity index (χ4n) is 3.55. The predicted molar refractivity (Wildman–Crippen MR) is 133 cm³/mol. The summed E-state index contributed by atoms with van der Waals surface area (Å²) < 4.78 is 17.9. The predicted octanol–water partition coefficient (Wildman–Crippen LogP) is 7.33. The maximum Gasteiger partial charge on any atom is 0.363 e. The van der Waals surface area contributed by atoms with E-state index < -0.39 is 6.64 Å². The number of amidine groups is 1. The Kier molecular flexibility index (Phi) is 11.5. The molecular formula is C23H42N3O2PS. The Morgan fingerprint density at radius 3 is 2.17 bits per heavy atom. The zero-order valence-corrected chi connectivity index (χ0v) is 22.1. The van der Waals surface area contributed by atoms with Crippen molar-refractivity contribution in [2.75, 3.05) is 0 Å². The third kappa shape index (κ3) is 7.94. The van der Waals surface area contributed by atoms with Crippen molar-refractivity contribution in [2.45, 2.75) is 112 Å². The lowest BCUT2D eigenvalue weighted by molar-refractivity contribution is 0.193. The highest BCUT2D eigenvalue weighted by atomic mass is 32.5. The number of hydrogen-bond donors (Lipinski definition) is 0. The van der Waals surface area contributed by atoms with Gasteiger partial charge in [-0.2, -0.15) is 4.76 Å². The molecule has 0 aromatic carbocycles. The Balaban J connectivity index is 3.52. The second-order valence-corrected chi connectivity index (χ2v) is 11.4. The second-order valence-electron chi connectivity index (χ2n) is 8.53. The maximum atomic E-state index is 6.44. The van der Waals surface area contributed by atoms with Crippen LogP contribution >= 0.6 is 6.64 Å². The summed E-state index contributed by atoms with van der Waals surface area (Å²) in [6, 6.07) is 2.62.